The molecule has 0 fully saturated rings. The number of rotatable bonds is 9. The van der Waals surface area contributed by atoms with Crippen LogP contribution in [0.1, 0.15) is 60.5 Å². The van der Waals surface area contributed by atoms with Gasteiger partial charge in [0.25, 0.3) is 0 Å². The number of aromatic nitrogens is 1. The minimum atomic E-state index is -4.69. The van der Waals surface area contributed by atoms with Crippen LogP contribution in [0, 0.1) is 0 Å². The number of amides is 1. The smallest absolute Gasteiger partial charge is 0.417 e. The second-order valence-corrected chi connectivity index (χ2v) is 8.41. The van der Waals surface area contributed by atoms with E-state index in [0.717, 1.165) is 43.0 Å². The number of carbonyl (C=O) groups is 2. The first-order chi connectivity index (χ1) is 15.6. The number of carboxylic acids is 1. The molecule has 1 amide bonds. The third-order valence-electron chi connectivity index (χ3n) is 5.45. The van der Waals surface area contributed by atoms with Crippen LogP contribution in [0.15, 0.2) is 30.3 Å². The first kappa shape index (κ1) is 24.8. The van der Waals surface area contributed by atoms with Crippen LogP contribution in [0.4, 0.5) is 19.0 Å². The van der Waals surface area contributed by atoms with Crippen LogP contribution in [0.3, 0.4) is 0 Å². The summed E-state index contributed by atoms with van der Waals surface area (Å²) in [5.41, 5.74) is 1.09. The summed E-state index contributed by atoms with van der Waals surface area (Å²) in [6.07, 6.45) is -1.10. The highest BCUT2D eigenvalue weighted by Crippen LogP contribution is 2.36. The number of anilines is 1. The SMILES string of the molecule is O=C(O)CC(NC(=O)CCCCc1ccc2c(n1)NCCC2)c1ccc(Cl)c(C(F)(F)F)c1. The van der Waals surface area contributed by atoms with E-state index in [1.54, 1.807) is 0 Å². The number of unbranched alkanes of at least 4 members (excludes halogenated alkanes) is 1. The molecule has 1 aromatic heterocycles. The van der Waals surface area contributed by atoms with E-state index in [-0.39, 0.29) is 12.0 Å². The predicted molar refractivity (Wildman–Crippen MR) is 118 cm³/mol. The van der Waals surface area contributed by atoms with Gasteiger partial charge in [-0.3, -0.25) is 9.59 Å². The van der Waals surface area contributed by atoms with Crippen molar-refractivity contribution in [1.82, 2.24) is 10.3 Å². The second kappa shape index (κ2) is 10.9. The number of nitrogens with one attached hydrogen (secondary N) is 2. The van der Waals surface area contributed by atoms with Crippen molar-refractivity contribution < 1.29 is 27.9 Å². The highest BCUT2D eigenvalue weighted by molar-refractivity contribution is 6.31. The van der Waals surface area contributed by atoms with E-state index in [9.17, 15) is 22.8 Å². The molecule has 1 aliphatic heterocycles. The van der Waals surface area contributed by atoms with E-state index >= 15 is 0 Å². The first-order valence-corrected chi connectivity index (χ1v) is 11.1. The van der Waals surface area contributed by atoms with Crippen molar-refractivity contribution in [1.29, 1.82) is 0 Å². The van der Waals surface area contributed by atoms with Crippen LogP contribution in [0.5, 0.6) is 0 Å². The first-order valence-electron chi connectivity index (χ1n) is 10.7. The Kier molecular flexibility index (Phi) is 8.18. The lowest BCUT2D eigenvalue weighted by atomic mass is 10.0. The largest absolute Gasteiger partial charge is 0.481 e. The van der Waals surface area contributed by atoms with Crippen LogP contribution >= 0.6 is 11.6 Å². The standard InChI is InChI=1S/C23H25ClF3N3O3/c24-18-10-8-15(12-17(18)23(25,26)27)19(13-21(32)33)30-20(31)6-2-1-5-16-9-7-14-4-3-11-28-22(14)29-16/h7-10,12,19H,1-6,11,13H2,(H,28,29)(H,30,31)(H,32,33). The monoisotopic (exact) mass is 483 g/mol. The maximum atomic E-state index is 13.2. The van der Waals surface area contributed by atoms with Gasteiger partial charge in [0.15, 0.2) is 0 Å². The molecule has 3 rings (SSSR count). The molecular formula is C23H25ClF3N3O3. The Balaban J connectivity index is 1.56. The number of pyridine rings is 1. The van der Waals surface area contributed by atoms with Gasteiger partial charge >= 0.3 is 12.1 Å². The number of nitrogens with zero attached hydrogens (tertiary/aromatic N) is 1. The molecule has 0 bridgehead atoms. The molecular weight excluding hydrogens is 459 g/mol. The van der Waals surface area contributed by atoms with E-state index < -0.39 is 41.1 Å². The number of carbonyl (C=O) groups excluding carboxylic acids is 1. The molecule has 6 nitrogen and oxygen atoms in total. The summed E-state index contributed by atoms with van der Waals surface area (Å²) >= 11 is 5.64. The average molecular weight is 484 g/mol. The summed E-state index contributed by atoms with van der Waals surface area (Å²) in [5, 5.41) is 14.5. The molecule has 0 aliphatic carbocycles. The van der Waals surface area contributed by atoms with Crippen LogP contribution in [0.25, 0.3) is 0 Å². The fraction of sp³-hybridized carbons (Fsp3) is 0.435. The van der Waals surface area contributed by atoms with E-state index in [1.807, 2.05) is 6.07 Å². The number of hydrogen-bond acceptors (Lipinski definition) is 4. The Morgan fingerprint density at radius 2 is 2.00 bits per heavy atom. The molecule has 1 aromatic carbocycles. The molecule has 0 radical (unpaired) electrons. The summed E-state index contributed by atoms with van der Waals surface area (Å²) in [6.45, 7) is 0.902. The van der Waals surface area contributed by atoms with E-state index in [1.165, 1.54) is 11.6 Å². The van der Waals surface area contributed by atoms with Crippen LogP contribution in [0.2, 0.25) is 5.02 Å². The molecule has 1 unspecified atom stereocenters. The molecule has 3 N–H and O–H groups in total. The summed E-state index contributed by atoms with van der Waals surface area (Å²) in [6, 6.07) is 6.08. The lowest BCUT2D eigenvalue weighted by Gasteiger charge is -2.19. The summed E-state index contributed by atoms with van der Waals surface area (Å²) in [4.78, 5) is 28.2. The fourth-order valence-corrected chi connectivity index (χ4v) is 3.99. The zero-order valence-electron chi connectivity index (χ0n) is 17.8. The fourth-order valence-electron chi connectivity index (χ4n) is 3.77. The Bertz CT molecular complexity index is 1010. The molecule has 1 atom stereocenters. The minimum Gasteiger partial charge on any atom is -0.481 e. The zero-order chi connectivity index (χ0) is 24.0. The number of halogens is 4. The summed E-state index contributed by atoms with van der Waals surface area (Å²) in [5.74, 6) is -0.755. The van der Waals surface area contributed by atoms with Gasteiger partial charge in [-0.1, -0.05) is 23.7 Å². The zero-order valence-corrected chi connectivity index (χ0v) is 18.6. The lowest BCUT2D eigenvalue weighted by molar-refractivity contribution is -0.138. The van der Waals surface area contributed by atoms with Gasteiger partial charge in [0, 0.05) is 18.7 Å². The van der Waals surface area contributed by atoms with Gasteiger partial charge in [0.2, 0.25) is 5.91 Å². The third kappa shape index (κ3) is 7.08. The molecule has 33 heavy (non-hydrogen) atoms. The molecule has 10 heteroatoms. The number of alkyl halides is 3. The van der Waals surface area contributed by atoms with Crippen molar-refractivity contribution in [3.63, 3.8) is 0 Å². The van der Waals surface area contributed by atoms with Crippen LogP contribution in [-0.4, -0.2) is 28.5 Å². The molecule has 0 spiro atoms. The normalized spacial score (nSPS) is 14.2. The second-order valence-electron chi connectivity index (χ2n) is 8.00. The number of benzene rings is 1. The third-order valence-corrected chi connectivity index (χ3v) is 5.78. The highest BCUT2D eigenvalue weighted by atomic mass is 35.5. The molecule has 2 heterocycles. The maximum Gasteiger partial charge on any atom is 0.417 e. The molecule has 178 valence electrons. The molecule has 1 aliphatic rings. The molecule has 2 aromatic rings. The van der Waals surface area contributed by atoms with Gasteiger partial charge in [0.1, 0.15) is 5.82 Å². The van der Waals surface area contributed by atoms with Gasteiger partial charge in [0.05, 0.1) is 23.0 Å². The minimum absolute atomic E-state index is 0.0354. The Morgan fingerprint density at radius 3 is 2.73 bits per heavy atom. The summed E-state index contributed by atoms with van der Waals surface area (Å²) in [7, 11) is 0. The number of aliphatic carboxylic acids is 1. The number of carboxylic acid groups (broad SMARTS) is 1. The van der Waals surface area contributed by atoms with Crippen molar-refractivity contribution in [2.45, 2.75) is 57.2 Å². The topological polar surface area (TPSA) is 91.3 Å². The Morgan fingerprint density at radius 1 is 1.21 bits per heavy atom. The van der Waals surface area contributed by atoms with Crippen LogP contribution < -0.4 is 10.6 Å². The van der Waals surface area contributed by atoms with E-state index in [0.29, 0.717) is 19.3 Å². The molecule has 0 saturated heterocycles. The van der Waals surface area contributed by atoms with Gasteiger partial charge < -0.3 is 15.7 Å². The average Bonchev–Trinajstić information content (AvgIpc) is 2.75. The van der Waals surface area contributed by atoms with Gasteiger partial charge in [-0.05, 0) is 61.4 Å². The van der Waals surface area contributed by atoms with E-state index in [4.69, 9.17) is 16.7 Å². The summed E-state index contributed by atoms with van der Waals surface area (Å²) < 4.78 is 39.5. The van der Waals surface area contributed by atoms with Gasteiger partial charge in [-0.2, -0.15) is 13.2 Å². The highest BCUT2D eigenvalue weighted by Gasteiger charge is 2.34. The van der Waals surface area contributed by atoms with Crippen molar-refractivity contribution in [2.75, 3.05) is 11.9 Å². The van der Waals surface area contributed by atoms with Crippen molar-refractivity contribution >= 4 is 29.3 Å². The van der Waals surface area contributed by atoms with Gasteiger partial charge in [-0.15, -0.1) is 0 Å². The number of aryl methyl sites for hydroxylation is 2. The van der Waals surface area contributed by atoms with Crippen molar-refractivity contribution in [3.05, 3.63) is 57.7 Å². The lowest BCUT2D eigenvalue weighted by Crippen LogP contribution is -2.30. The number of hydrogen-bond donors (Lipinski definition) is 3. The van der Waals surface area contributed by atoms with Crippen molar-refractivity contribution in [3.8, 4) is 0 Å². The van der Waals surface area contributed by atoms with Gasteiger partial charge in [-0.25, -0.2) is 4.98 Å². The molecule has 0 saturated carbocycles. The Hall–Kier alpha value is -2.81. The Labute approximate surface area is 194 Å². The van der Waals surface area contributed by atoms with Crippen molar-refractivity contribution in [2.24, 2.45) is 0 Å². The quantitative estimate of drug-likeness (QED) is 0.429. The van der Waals surface area contributed by atoms with E-state index in [2.05, 4.69) is 21.7 Å². The van der Waals surface area contributed by atoms with Crippen LogP contribution in [-0.2, 0) is 28.6 Å². The predicted octanol–water partition coefficient (Wildman–Crippen LogP) is 5.16. The number of fused-ring (bicyclic) bond motifs is 1. The maximum absolute atomic E-state index is 13.2.